The Morgan fingerprint density at radius 2 is 2.00 bits per heavy atom. The molecule has 2 N–H and O–H groups in total. The zero-order valence-electron chi connectivity index (χ0n) is 18.9. The van der Waals surface area contributed by atoms with Crippen LogP contribution in [0.5, 0.6) is 0 Å². The van der Waals surface area contributed by atoms with E-state index in [0.29, 0.717) is 17.3 Å². The number of amides is 1. The summed E-state index contributed by atoms with van der Waals surface area (Å²) >= 11 is 0. The van der Waals surface area contributed by atoms with Gasteiger partial charge in [-0.3, -0.25) is 4.79 Å². The number of aliphatic hydroxyl groups is 1. The van der Waals surface area contributed by atoms with Crippen molar-refractivity contribution in [3.05, 3.63) is 77.1 Å². The molecule has 1 heterocycles. The van der Waals surface area contributed by atoms with E-state index in [0.717, 1.165) is 23.3 Å². The lowest BCUT2D eigenvalue weighted by Crippen LogP contribution is -2.16. The quantitative estimate of drug-likeness (QED) is 0.318. The fourth-order valence-corrected chi connectivity index (χ4v) is 3.69. The molecule has 0 radical (unpaired) electrons. The Morgan fingerprint density at radius 3 is 2.68 bits per heavy atom. The average Bonchev–Trinajstić information content (AvgIpc) is 3.08. The molecule has 0 saturated heterocycles. The molecule has 1 amide bonds. The van der Waals surface area contributed by atoms with Crippen molar-refractivity contribution in [1.29, 1.82) is 0 Å². The molecule has 0 spiro atoms. The maximum absolute atomic E-state index is 12.8. The summed E-state index contributed by atoms with van der Waals surface area (Å²) in [5, 5.41) is 13.4. The predicted molar refractivity (Wildman–Crippen MR) is 128 cm³/mol. The highest BCUT2D eigenvalue weighted by molar-refractivity contribution is 6.06. The van der Waals surface area contributed by atoms with E-state index in [-0.39, 0.29) is 12.5 Å². The van der Waals surface area contributed by atoms with Crippen LogP contribution in [-0.4, -0.2) is 21.4 Å². The fourth-order valence-electron chi connectivity index (χ4n) is 3.69. The molecule has 0 bridgehead atoms. The largest absolute Gasteiger partial charge is 0.392 e. The molecule has 5 heteroatoms. The topological polar surface area (TPSA) is 66.6 Å². The van der Waals surface area contributed by atoms with E-state index in [4.69, 9.17) is 0 Å². The van der Waals surface area contributed by atoms with Crippen LogP contribution in [0.4, 0.5) is 5.69 Å². The Labute approximate surface area is 184 Å². The highest BCUT2D eigenvalue weighted by atomic mass is 16.3. The van der Waals surface area contributed by atoms with E-state index in [9.17, 15) is 9.90 Å². The summed E-state index contributed by atoms with van der Waals surface area (Å²) in [5.74, 6) is 0.995. The third kappa shape index (κ3) is 5.30. The SMILES string of the molecule is C/C=C(\N=C(C)n1cc(CC(C)C)c2ccc(C)cc21)C(=O)Nc1cccc(CO)c1. The first-order valence-electron chi connectivity index (χ1n) is 10.7. The van der Waals surface area contributed by atoms with Crippen molar-refractivity contribution in [2.75, 3.05) is 5.32 Å². The number of aliphatic hydroxyl groups excluding tert-OH is 1. The maximum Gasteiger partial charge on any atom is 0.273 e. The first kappa shape index (κ1) is 22.5. The van der Waals surface area contributed by atoms with Crippen molar-refractivity contribution >= 4 is 28.3 Å². The van der Waals surface area contributed by atoms with Gasteiger partial charge in [-0.1, -0.05) is 44.2 Å². The summed E-state index contributed by atoms with van der Waals surface area (Å²) in [7, 11) is 0. The van der Waals surface area contributed by atoms with E-state index in [1.807, 2.05) is 13.0 Å². The lowest BCUT2D eigenvalue weighted by molar-refractivity contribution is -0.112. The molecule has 1 aromatic heterocycles. The number of aliphatic imine (C=N–C) groups is 1. The monoisotopic (exact) mass is 417 g/mol. The number of nitrogens with zero attached hydrogens (tertiary/aromatic N) is 2. The van der Waals surface area contributed by atoms with Crippen molar-refractivity contribution in [3.63, 3.8) is 0 Å². The second-order valence-corrected chi connectivity index (χ2v) is 8.29. The van der Waals surface area contributed by atoms with Gasteiger partial charge in [0.2, 0.25) is 0 Å². The molecule has 3 aromatic rings. The summed E-state index contributed by atoms with van der Waals surface area (Å²) < 4.78 is 2.07. The Balaban J connectivity index is 1.93. The molecular weight excluding hydrogens is 386 g/mol. The molecule has 0 fully saturated rings. The Morgan fingerprint density at radius 1 is 1.23 bits per heavy atom. The van der Waals surface area contributed by atoms with Crippen LogP contribution < -0.4 is 5.32 Å². The fraction of sp³-hybridized carbons (Fsp3) is 0.308. The minimum Gasteiger partial charge on any atom is -0.392 e. The molecule has 31 heavy (non-hydrogen) atoms. The van der Waals surface area contributed by atoms with Crippen LogP contribution in [-0.2, 0) is 17.8 Å². The van der Waals surface area contributed by atoms with E-state index in [1.54, 1.807) is 31.2 Å². The number of carbonyl (C=O) groups is 1. The first-order valence-corrected chi connectivity index (χ1v) is 10.7. The van der Waals surface area contributed by atoms with Crippen LogP contribution in [0.2, 0.25) is 0 Å². The summed E-state index contributed by atoms with van der Waals surface area (Å²) in [6.07, 6.45) is 4.83. The van der Waals surface area contributed by atoms with Crippen LogP contribution in [0.25, 0.3) is 10.9 Å². The normalized spacial score (nSPS) is 12.6. The Hall–Kier alpha value is -3.18. The molecule has 0 aliphatic heterocycles. The van der Waals surface area contributed by atoms with Crippen LogP contribution >= 0.6 is 0 Å². The van der Waals surface area contributed by atoms with E-state index in [2.05, 4.69) is 60.0 Å². The Bertz CT molecular complexity index is 1150. The second kappa shape index (κ2) is 9.75. The summed E-state index contributed by atoms with van der Waals surface area (Å²) in [6, 6.07) is 13.6. The molecule has 0 aliphatic carbocycles. The third-order valence-electron chi connectivity index (χ3n) is 5.18. The molecule has 3 rings (SSSR count). The van der Waals surface area contributed by atoms with Gasteiger partial charge in [-0.05, 0) is 68.0 Å². The summed E-state index contributed by atoms with van der Waals surface area (Å²) in [4.78, 5) is 17.5. The second-order valence-electron chi connectivity index (χ2n) is 8.29. The number of anilines is 1. The van der Waals surface area contributed by atoms with Crippen LogP contribution in [0, 0.1) is 12.8 Å². The molecule has 2 aromatic carbocycles. The molecule has 5 nitrogen and oxygen atoms in total. The van der Waals surface area contributed by atoms with Crippen molar-refractivity contribution in [1.82, 2.24) is 4.57 Å². The van der Waals surface area contributed by atoms with Gasteiger partial charge in [0.1, 0.15) is 11.5 Å². The maximum atomic E-state index is 12.8. The van der Waals surface area contributed by atoms with E-state index >= 15 is 0 Å². The summed E-state index contributed by atoms with van der Waals surface area (Å²) in [5.41, 5.74) is 5.28. The van der Waals surface area contributed by atoms with Gasteiger partial charge in [0, 0.05) is 17.3 Å². The van der Waals surface area contributed by atoms with Crippen molar-refractivity contribution in [3.8, 4) is 0 Å². The molecule has 0 atom stereocenters. The number of carbonyl (C=O) groups excluding carboxylic acids is 1. The number of fused-ring (bicyclic) bond motifs is 1. The van der Waals surface area contributed by atoms with Gasteiger partial charge in [0.15, 0.2) is 0 Å². The molecular formula is C26H31N3O2. The lowest BCUT2D eigenvalue weighted by Gasteiger charge is -2.09. The number of hydrogen-bond donors (Lipinski definition) is 2. The number of nitrogens with one attached hydrogen (secondary N) is 1. The van der Waals surface area contributed by atoms with Gasteiger partial charge in [0.25, 0.3) is 5.91 Å². The smallest absolute Gasteiger partial charge is 0.273 e. The molecule has 0 unspecified atom stereocenters. The van der Waals surface area contributed by atoms with Crippen molar-refractivity contribution in [2.24, 2.45) is 10.9 Å². The van der Waals surface area contributed by atoms with Crippen molar-refractivity contribution < 1.29 is 9.90 Å². The predicted octanol–water partition coefficient (Wildman–Crippen LogP) is 5.45. The van der Waals surface area contributed by atoms with Gasteiger partial charge < -0.3 is 15.0 Å². The number of aryl methyl sites for hydroxylation is 1. The van der Waals surface area contributed by atoms with Gasteiger partial charge in [0.05, 0.1) is 12.1 Å². The summed E-state index contributed by atoms with van der Waals surface area (Å²) in [6.45, 7) is 10.2. The van der Waals surface area contributed by atoms with Gasteiger partial charge >= 0.3 is 0 Å². The third-order valence-corrected chi connectivity index (χ3v) is 5.18. The number of hydrogen-bond acceptors (Lipinski definition) is 3. The van der Waals surface area contributed by atoms with Crippen LogP contribution in [0.15, 0.2) is 65.4 Å². The first-order chi connectivity index (χ1) is 14.8. The lowest BCUT2D eigenvalue weighted by atomic mass is 10.0. The number of benzene rings is 2. The highest BCUT2D eigenvalue weighted by Crippen LogP contribution is 2.25. The number of rotatable bonds is 6. The number of aromatic nitrogens is 1. The molecule has 0 saturated carbocycles. The van der Waals surface area contributed by atoms with Crippen LogP contribution in [0.1, 0.15) is 44.4 Å². The average molecular weight is 418 g/mol. The molecule has 162 valence electrons. The standard InChI is InChI=1S/C26H31N3O2/c1-6-24(26(31)28-22-9-7-8-20(14-22)16-30)27-19(5)29-15-21(12-17(2)3)23-11-10-18(4)13-25(23)29/h6-11,13-15,17,30H,12,16H2,1-5H3,(H,28,31)/b24-6-,27-19?. The molecule has 0 aliphatic rings. The van der Waals surface area contributed by atoms with E-state index < -0.39 is 0 Å². The van der Waals surface area contributed by atoms with Crippen molar-refractivity contribution in [2.45, 2.75) is 47.6 Å². The van der Waals surface area contributed by atoms with Gasteiger partial charge in [-0.2, -0.15) is 0 Å². The van der Waals surface area contributed by atoms with E-state index in [1.165, 1.54) is 16.5 Å². The highest BCUT2D eigenvalue weighted by Gasteiger charge is 2.14. The Kier molecular flexibility index (Phi) is 7.08. The van der Waals surface area contributed by atoms with Gasteiger partial charge in [-0.15, -0.1) is 0 Å². The number of allylic oxidation sites excluding steroid dienone is 1. The minimum atomic E-state index is -0.285. The zero-order valence-corrected chi connectivity index (χ0v) is 18.9. The van der Waals surface area contributed by atoms with Crippen LogP contribution in [0.3, 0.4) is 0 Å². The minimum absolute atomic E-state index is 0.0731. The van der Waals surface area contributed by atoms with Gasteiger partial charge in [-0.25, -0.2) is 4.99 Å². The zero-order chi connectivity index (χ0) is 22.5.